The first-order valence-corrected chi connectivity index (χ1v) is 10.5. The van der Waals surface area contributed by atoms with Gasteiger partial charge in [0.05, 0.1) is 5.92 Å². The molecule has 5 nitrogen and oxygen atoms in total. The van der Waals surface area contributed by atoms with E-state index in [0.717, 1.165) is 31.0 Å². The summed E-state index contributed by atoms with van der Waals surface area (Å²) in [7, 11) is 0. The molecule has 2 aromatic rings. The predicted molar refractivity (Wildman–Crippen MR) is 108 cm³/mol. The van der Waals surface area contributed by atoms with Gasteiger partial charge in [-0.3, -0.25) is 4.79 Å². The van der Waals surface area contributed by atoms with E-state index >= 15 is 0 Å². The highest BCUT2D eigenvalue weighted by molar-refractivity contribution is 7.98. The SMILES string of the molecule is O=C(NCCSCc1ccccc1F)[C@H]1CCCN(c2ccc(Cl)nn2)C1. The Balaban J connectivity index is 1.40. The number of aromatic nitrogens is 2. The second-order valence-corrected chi connectivity index (χ2v) is 7.93. The minimum Gasteiger partial charge on any atom is -0.355 e. The van der Waals surface area contributed by atoms with E-state index in [1.807, 2.05) is 12.1 Å². The van der Waals surface area contributed by atoms with E-state index in [0.29, 0.717) is 29.6 Å². The topological polar surface area (TPSA) is 58.1 Å². The fraction of sp³-hybridized carbons (Fsp3) is 0.421. The largest absolute Gasteiger partial charge is 0.355 e. The standard InChI is InChI=1S/C19H22ClFN4OS/c20-17-7-8-18(24-23-17)25-10-3-5-14(12-25)19(26)22-9-11-27-13-15-4-1-2-6-16(15)21/h1-2,4,6-8,14H,3,5,9-13H2,(H,22,26)/t14-/m0/s1. The van der Waals surface area contributed by atoms with Crippen molar-refractivity contribution in [3.8, 4) is 0 Å². The van der Waals surface area contributed by atoms with Crippen LogP contribution in [0.25, 0.3) is 0 Å². The second-order valence-electron chi connectivity index (χ2n) is 6.43. The van der Waals surface area contributed by atoms with Gasteiger partial charge in [-0.1, -0.05) is 29.8 Å². The molecule has 1 amide bonds. The van der Waals surface area contributed by atoms with Crippen molar-refractivity contribution in [2.45, 2.75) is 18.6 Å². The van der Waals surface area contributed by atoms with E-state index in [2.05, 4.69) is 20.4 Å². The van der Waals surface area contributed by atoms with Crippen LogP contribution in [0.2, 0.25) is 5.15 Å². The summed E-state index contributed by atoms with van der Waals surface area (Å²) in [5.41, 5.74) is 0.695. The summed E-state index contributed by atoms with van der Waals surface area (Å²) in [6, 6.07) is 10.3. The van der Waals surface area contributed by atoms with Gasteiger partial charge in [-0.25, -0.2) is 4.39 Å². The van der Waals surface area contributed by atoms with Crippen LogP contribution in [0, 0.1) is 11.7 Å². The second kappa shape index (κ2) is 9.90. The van der Waals surface area contributed by atoms with Crippen molar-refractivity contribution in [2.75, 3.05) is 30.3 Å². The summed E-state index contributed by atoms with van der Waals surface area (Å²) in [6.07, 6.45) is 1.80. The number of hydrogen-bond donors (Lipinski definition) is 1. The van der Waals surface area contributed by atoms with E-state index in [-0.39, 0.29) is 17.6 Å². The molecule has 0 saturated carbocycles. The Morgan fingerprint density at radius 2 is 2.15 bits per heavy atom. The van der Waals surface area contributed by atoms with Crippen LogP contribution in [-0.4, -0.2) is 41.5 Å². The van der Waals surface area contributed by atoms with Gasteiger partial charge >= 0.3 is 0 Å². The number of benzene rings is 1. The molecular formula is C19H22ClFN4OS. The highest BCUT2D eigenvalue weighted by atomic mass is 35.5. The molecule has 1 fully saturated rings. The predicted octanol–water partition coefficient (Wildman–Crippen LogP) is 3.54. The Bertz CT molecular complexity index is 762. The molecule has 8 heteroatoms. The van der Waals surface area contributed by atoms with Crippen molar-refractivity contribution in [2.24, 2.45) is 5.92 Å². The summed E-state index contributed by atoms with van der Waals surface area (Å²) < 4.78 is 13.6. The highest BCUT2D eigenvalue weighted by Gasteiger charge is 2.26. The highest BCUT2D eigenvalue weighted by Crippen LogP contribution is 2.22. The summed E-state index contributed by atoms with van der Waals surface area (Å²) in [5.74, 6) is 1.92. The first-order chi connectivity index (χ1) is 13.1. The summed E-state index contributed by atoms with van der Waals surface area (Å²) in [5, 5.41) is 11.3. The minimum atomic E-state index is -0.179. The van der Waals surface area contributed by atoms with E-state index in [9.17, 15) is 9.18 Å². The van der Waals surface area contributed by atoms with Gasteiger partial charge in [0.1, 0.15) is 5.82 Å². The molecule has 1 atom stereocenters. The van der Waals surface area contributed by atoms with Crippen LogP contribution in [0.15, 0.2) is 36.4 Å². The summed E-state index contributed by atoms with van der Waals surface area (Å²) >= 11 is 7.39. The zero-order chi connectivity index (χ0) is 19.1. The van der Waals surface area contributed by atoms with E-state index in [1.54, 1.807) is 30.0 Å². The van der Waals surface area contributed by atoms with Gasteiger partial charge in [-0.05, 0) is 36.6 Å². The molecule has 1 aromatic heterocycles. The van der Waals surface area contributed by atoms with Crippen molar-refractivity contribution in [1.29, 1.82) is 0 Å². The maximum absolute atomic E-state index is 13.6. The molecule has 1 N–H and O–H groups in total. The van der Waals surface area contributed by atoms with Crippen LogP contribution in [0.1, 0.15) is 18.4 Å². The quantitative estimate of drug-likeness (QED) is 0.710. The lowest BCUT2D eigenvalue weighted by molar-refractivity contribution is -0.125. The van der Waals surface area contributed by atoms with Crippen LogP contribution < -0.4 is 10.2 Å². The van der Waals surface area contributed by atoms with Crippen molar-refractivity contribution >= 4 is 35.1 Å². The van der Waals surface area contributed by atoms with Crippen LogP contribution >= 0.6 is 23.4 Å². The number of piperidine rings is 1. The van der Waals surface area contributed by atoms with Crippen LogP contribution in [0.4, 0.5) is 10.2 Å². The third-order valence-corrected chi connectivity index (χ3v) is 5.70. The molecular weight excluding hydrogens is 387 g/mol. The molecule has 27 heavy (non-hydrogen) atoms. The fourth-order valence-corrected chi connectivity index (χ4v) is 4.01. The monoisotopic (exact) mass is 408 g/mol. The molecule has 1 aliphatic rings. The first kappa shape index (κ1) is 19.9. The lowest BCUT2D eigenvalue weighted by atomic mass is 9.97. The number of thioether (sulfide) groups is 1. The Morgan fingerprint density at radius 1 is 1.30 bits per heavy atom. The molecule has 3 rings (SSSR count). The Hall–Kier alpha value is -1.86. The number of anilines is 1. The van der Waals surface area contributed by atoms with Crippen molar-refractivity contribution < 1.29 is 9.18 Å². The zero-order valence-corrected chi connectivity index (χ0v) is 16.5. The van der Waals surface area contributed by atoms with Crippen molar-refractivity contribution in [1.82, 2.24) is 15.5 Å². The Morgan fingerprint density at radius 3 is 2.93 bits per heavy atom. The molecule has 2 heterocycles. The maximum Gasteiger partial charge on any atom is 0.224 e. The van der Waals surface area contributed by atoms with Gasteiger partial charge in [0.25, 0.3) is 0 Å². The van der Waals surface area contributed by atoms with E-state index in [4.69, 9.17) is 11.6 Å². The number of carbonyl (C=O) groups is 1. The first-order valence-electron chi connectivity index (χ1n) is 8.96. The number of halogens is 2. The molecule has 1 saturated heterocycles. The van der Waals surface area contributed by atoms with Gasteiger partial charge in [-0.2, -0.15) is 11.8 Å². The third kappa shape index (κ3) is 5.81. The third-order valence-electron chi connectivity index (χ3n) is 4.50. The summed E-state index contributed by atoms with van der Waals surface area (Å²) in [4.78, 5) is 14.5. The zero-order valence-electron chi connectivity index (χ0n) is 14.9. The normalized spacial score (nSPS) is 17.0. The number of hydrogen-bond acceptors (Lipinski definition) is 5. The fourth-order valence-electron chi connectivity index (χ4n) is 3.07. The number of amides is 1. The number of nitrogens with one attached hydrogen (secondary N) is 1. The van der Waals surface area contributed by atoms with Gasteiger partial charge in [0.15, 0.2) is 11.0 Å². The molecule has 0 aliphatic carbocycles. The lowest BCUT2D eigenvalue weighted by Crippen LogP contribution is -2.43. The van der Waals surface area contributed by atoms with Crippen LogP contribution in [-0.2, 0) is 10.5 Å². The van der Waals surface area contributed by atoms with E-state index < -0.39 is 0 Å². The molecule has 0 spiro atoms. The average Bonchev–Trinajstić information content (AvgIpc) is 2.69. The van der Waals surface area contributed by atoms with Crippen LogP contribution in [0.5, 0.6) is 0 Å². The molecule has 144 valence electrons. The molecule has 1 aliphatic heterocycles. The molecule has 0 unspecified atom stereocenters. The van der Waals surface area contributed by atoms with Gasteiger partial charge < -0.3 is 10.2 Å². The van der Waals surface area contributed by atoms with Gasteiger partial charge in [0, 0.05) is 31.1 Å². The number of rotatable bonds is 7. The minimum absolute atomic E-state index is 0.0622. The number of carbonyl (C=O) groups excluding carboxylic acids is 1. The Labute approximate surface area is 167 Å². The van der Waals surface area contributed by atoms with Gasteiger partial charge in [0.2, 0.25) is 5.91 Å². The lowest BCUT2D eigenvalue weighted by Gasteiger charge is -2.32. The number of nitrogens with zero attached hydrogens (tertiary/aromatic N) is 3. The Kier molecular flexibility index (Phi) is 7.29. The smallest absolute Gasteiger partial charge is 0.224 e. The summed E-state index contributed by atoms with van der Waals surface area (Å²) in [6.45, 7) is 2.07. The average molecular weight is 409 g/mol. The van der Waals surface area contributed by atoms with Crippen molar-refractivity contribution in [3.63, 3.8) is 0 Å². The van der Waals surface area contributed by atoms with Crippen LogP contribution in [0.3, 0.4) is 0 Å². The van der Waals surface area contributed by atoms with E-state index in [1.165, 1.54) is 6.07 Å². The molecule has 0 bridgehead atoms. The molecule has 1 aromatic carbocycles. The maximum atomic E-state index is 13.6. The van der Waals surface area contributed by atoms with Crippen molar-refractivity contribution in [3.05, 3.63) is 52.9 Å². The van der Waals surface area contributed by atoms with Gasteiger partial charge in [-0.15, -0.1) is 10.2 Å². The molecule has 0 radical (unpaired) electrons.